The highest BCUT2D eigenvalue weighted by molar-refractivity contribution is 7.93. The van der Waals surface area contributed by atoms with Crippen molar-refractivity contribution in [2.24, 2.45) is 0 Å². The zero-order valence-corrected chi connectivity index (χ0v) is 14.5. The number of fused-ring (bicyclic) bond motifs is 1. The second-order valence-electron chi connectivity index (χ2n) is 5.53. The van der Waals surface area contributed by atoms with Crippen LogP contribution in [0.1, 0.15) is 11.1 Å². The number of hydrogen-bond donors (Lipinski definition) is 2. The fourth-order valence-electron chi connectivity index (χ4n) is 2.50. The summed E-state index contributed by atoms with van der Waals surface area (Å²) < 4.78 is 71.4. The predicted molar refractivity (Wildman–Crippen MR) is 89.6 cm³/mol. The molecule has 0 saturated heterocycles. The number of pyridine rings is 1. The molecule has 0 radical (unpaired) electrons. The van der Waals surface area contributed by atoms with Gasteiger partial charge in [-0.2, -0.15) is 13.2 Å². The molecule has 2 aromatic heterocycles. The van der Waals surface area contributed by atoms with E-state index in [2.05, 4.69) is 14.7 Å². The molecule has 0 aliphatic heterocycles. The number of benzene rings is 1. The number of anilines is 1. The fraction of sp³-hybridized carbons (Fsp3) is 0.188. The zero-order chi connectivity index (χ0) is 19.1. The van der Waals surface area contributed by atoms with Gasteiger partial charge in [-0.3, -0.25) is 4.72 Å². The van der Waals surface area contributed by atoms with Crippen molar-refractivity contribution in [2.45, 2.75) is 18.0 Å². The molecule has 3 aromatic rings. The van der Waals surface area contributed by atoms with Gasteiger partial charge < -0.3 is 9.72 Å². The number of methoxy groups -OCH3 is 1. The predicted octanol–water partition coefficient (Wildman–Crippen LogP) is 3.70. The standard InChI is InChI=1S/C16H14F3N3O3S/c1-9-5-6-20-15(25-2)14(9)22-26(23,24)13-8-21-12-7-10(16(17,18)19)3-4-11(12)13/h3-8,21-22H,1-2H3. The average molecular weight is 385 g/mol. The van der Waals surface area contributed by atoms with Crippen LogP contribution in [0, 0.1) is 6.92 Å². The van der Waals surface area contributed by atoms with Crippen molar-refractivity contribution in [3.05, 3.63) is 47.8 Å². The molecule has 0 bridgehead atoms. The quantitative estimate of drug-likeness (QED) is 0.717. The summed E-state index contributed by atoms with van der Waals surface area (Å²) in [6.45, 7) is 1.67. The smallest absolute Gasteiger partial charge is 0.416 e. The molecule has 2 heterocycles. The molecule has 1 aromatic carbocycles. The topological polar surface area (TPSA) is 84.1 Å². The Labute approximate surface area is 147 Å². The van der Waals surface area contributed by atoms with Crippen molar-refractivity contribution in [3.63, 3.8) is 0 Å². The number of aromatic amines is 1. The van der Waals surface area contributed by atoms with E-state index in [0.717, 1.165) is 24.4 Å². The van der Waals surface area contributed by atoms with Crippen LogP contribution < -0.4 is 9.46 Å². The molecular formula is C16H14F3N3O3S. The Kier molecular flexibility index (Phi) is 4.31. The Morgan fingerprint density at radius 3 is 2.62 bits per heavy atom. The number of halogens is 3. The minimum atomic E-state index is -4.52. The van der Waals surface area contributed by atoms with Crippen molar-refractivity contribution >= 4 is 26.6 Å². The lowest BCUT2D eigenvalue weighted by molar-refractivity contribution is -0.137. The Balaban J connectivity index is 2.06. The van der Waals surface area contributed by atoms with Gasteiger partial charge in [-0.1, -0.05) is 6.07 Å². The number of H-pyrrole nitrogens is 1. The van der Waals surface area contributed by atoms with Crippen LogP contribution in [0.4, 0.5) is 18.9 Å². The van der Waals surface area contributed by atoms with Gasteiger partial charge in [-0.25, -0.2) is 13.4 Å². The van der Waals surface area contributed by atoms with Crippen molar-refractivity contribution in [1.82, 2.24) is 9.97 Å². The lowest BCUT2D eigenvalue weighted by Crippen LogP contribution is -2.14. The van der Waals surface area contributed by atoms with Crippen molar-refractivity contribution in [1.29, 1.82) is 0 Å². The molecule has 0 amide bonds. The van der Waals surface area contributed by atoms with Gasteiger partial charge in [0.15, 0.2) is 0 Å². The van der Waals surface area contributed by atoms with Crippen LogP contribution in [0.25, 0.3) is 10.9 Å². The van der Waals surface area contributed by atoms with Gasteiger partial charge in [0, 0.05) is 23.3 Å². The van der Waals surface area contributed by atoms with Crippen LogP contribution in [-0.2, 0) is 16.2 Å². The third kappa shape index (κ3) is 3.19. The summed E-state index contributed by atoms with van der Waals surface area (Å²) in [7, 11) is -2.73. The minimum Gasteiger partial charge on any atom is -0.479 e. The largest absolute Gasteiger partial charge is 0.479 e. The highest BCUT2D eigenvalue weighted by Gasteiger charge is 2.31. The lowest BCUT2D eigenvalue weighted by atomic mass is 10.1. The van der Waals surface area contributed by atoms with Gasteiger partial charge in [-0.15, -0.1) is 0 Å². The molecule has 0 saturated carbocycles. The SMILES string of the molecule is COc1nccc(C)c1NS(=O)(=O)c1c[nH]c2cc(C(F)(F)F)ccc12. The highest BCUT2D eigenvalue weighted by atomic mass is 32.2. The Hall–Kier alpha value is -2.75. The number of nitrogens with zero attached hydrogens (tertiary/aromatic N) is 1. The summed E-state index contributed by atoms with van der Waals surface area (Å²) in [6.07, 6.45) is -1.90. The van der Waals surface area contributed by atoms with Gasteiger partial charge in [0.2, 0.25) is 5.88 Å². The number of hydrogen-bond acceptors (Lipinski definition) is 4. The molecule has 0 unspecified atom stereocenters. The van der Waals surface area contributed by atoms with E-state index < -0.39 is 21.8 Å². The van der Waals surface area contributed by atoms with Gasteiger partial charge in [0.1, 0.15) is 10.6 Å². The van der Waals surface area contributed by atoms with E-state index in [4.69, 9.17) is 4.74 Å². The number of sulfonamides is 1. The Morgan fingerprint density at radius 2 is 1.96 bits per heavy atom. The number of rotatable bonds is 4. The Morgan fingerprint density at radius 1 is 1.23 bits per heavy atom. The molecule has 3 rings (SSSR count). The first-order chi connectivity index (χ1) is 12.1. The molecule has 0 spiro atoms. The average Bonchev–Trinajstić information content (AvgIpc) is 3.00. The van der Waals surface area contributed by atoms with Crippen LogP contribution in [0.3, 0.4) is 0 Å². The monoisotopic (exact) mass is 385 g/mol. The maximum absolute atomic E-state index is 12.8. The second kappa shape index (κ2) is 6.20. The normalized spacial score (nSPS) is 12.3. The molecule has 0 atom stereocenters. The third-order valence-corrected chi connectivity index (χ3v) is 5.20. The first kappa shape index (κ1) is 18.1. The third-order valence-electron chi connectivity index (χ3n) is 3.81. The molecule has 0 fully saturated rings. The molecule has 0 aliphatic rings. The first-order valence-corrected chi connectivity index (χ1v) is 8.82. The van der Waals surface area contributed by atoms with Gasteiger partial charge in [-0.05, 0) is 30.7 Å². The van der Waals surface area contributed by atoms with E-state index in [0.29, 0.717) is 5.56 Å². The van der Waals surface area contributed by atoms with E-state index in [-0.39, 0.29) is 27.4 Å². The van der Waals surface area contributed by atoms with Gasteiger partial charge in [0.05, 0.1) is 12.7 Å². The van der Waals surface area contributed by atoms with Gasteiger partial charge >= 0.3 is 6.18 Å². The second-order valence-corrected chi connectivity index (χ2v) is 7.18. The molecule has 0 aliphatic carbocycles. The van der Waals surface area contributed by atoms with Crippen molar-refractivity contribution in [2.75, 3.05) is 11.8 Å². The van der Waals surface area contributed by atoms with Crippen LogP contribution >= 0.6 is 0 Å². The molecule has 26 heavy (non-hydrogen) atoms. The number of alkyl halides is 3. The number of aryl methyl sites for hydroxylation is 1. The fourth-order valence-corrected chi connectivity index (χ4v) is 3.81. The maximum Gasteiger partial charge on any atom is 0.416 e. The van der Waals surface area contributed by atoms with Crippen LogP contribution in [0.2, 0.25) is 0 Å². The molecule has 2 N–H and O–H groups in total. The van der Waals surface area contributed by atoms with Crippen molar-refractivity contribution < 1.29 is 26.3 Å². The van der Waals surface area contributed by atoms with Gasteiger partial charge in [0.25, 0.3) is 10.0 Å². The van der Waals surface area contributed by atoms with Crippen LogP contribution in [-0.4, -0.2) is 25.5 Å². The minimum absolute atomic E-state index is 0.0649. The summed E-state index contributed by atoms with van der Waals surface area (Å²) in [5.74, 6) is 0.0905. The summed E-state index contributed by atoms with van der Waals surface area (Å²) in [6, 6.07) is 4.43. The van der Waals surface area contributed by atoms with E-state index in [1.807, 2.05) is 0 Å². The Bertz CT molecular complexity index is 1080. The molecule has 6 nitrogen and oxygen atoms in total. The molecule has 138 valence electrons. The number of ether oxygens (including phenoxy) is 1. The lowest BCUT2D eigenvalue weighted by Gasteiger charge is -2.13. The van der Waals surface area contributed by atoms with E-state index in [1.54, 1.807) is 13.0 Å². The van der Waals surface area contributed by atoms with E-state index in [1.165, 1.54) is 13.3 Å². The summed E-state index contributed by atoms with van der Waals surface area (Å²) in [5.41, 5.74) is -0.0560. The first-order valence-electron chi connectivity index (χ1n) is 7.34. The summed E-state index contributed by atoms with van der Waals surface area (Å²) in [4.78, 5) is 6.34. The summed E-state index contributed by atoms with van der Waals surface area (Å²) >= 11 is 0. The highest BCUT2D eigenvalue weighted by Crippen LogP contribution is 2.34. The number of aromatic nitrogens is 2. The molecular weight excluding hydrogens is 371 g/mol. The van der Waals surface area contributed by atoms with Crippen molar-refractivity contribution in [3.8, 4) is 5.88 Å². The van der Waals surface area contributed by atoms with Crippen LogP contribution in [0.15, 0.2) is 41.6 Å². The maximum atomic E-state index is 12.8. The van der Waals surface area contributed by atoms with E-state index in [9.17, 15) is 21.6 Å². The summed E-state index contributed by atoms with van der Waals surface area (Å²) in [5, 5.41) is 0.144. The van der Waals surface area contributed by atoms with Crippen LogP contribution in [0.5, 0.6) is 5.88 Å². The van der Waals surface area contributed by atoms with E-state index >= 15 is 0 Å². The number of nitrogens with one attached hydrogen (secondary N) is 2. The molecule has 10 heteroatoms. The zero-order valence-electron chi connectivity index (χ0n) is 13.7.